The topological polar surface area (TPSA) is 88.8 Å². The van der Waals surface area contributed by atoms with Crippen LogP contribution in [0.5, 0.6) is 0 Å². The number of nitrogens with one attached hydrogen (secondary N) is 1. The molecule has 1 amide bonds. The highest BCUT2D eigenvalue weighted by molar-refractivity contribution is 6.00. The smallest absolute Gasteiger partial charge is 0.250 e. The van der Waals surface area contributed by atoms with Crippen molar-refractivity contribution < 1.29 is 4.79 Å². The lowest BCUT2D eigenvalue weighted by atomic mass is 10.2. The number of amides is 1. The second-order valence-corrected chi connectivity index (χ2v) is 5.84. The summed E-state index contributed by atoms with van der Waals surface area (Å²) in [6.45, 7) is 2.57. The molecule has 0 radical (unpaired) electrons. The summed E-state index contributed by atoms with van der Waals surface area (Å²) in [5, 5.41) is 7.52. The average Bonchev–Trinajstić information content (AvgIpc) is 3.09. The summed E-state index contributed by atoms with van der Waals surface area (Å²) < 4.78 is 1.74. The maximum atomic E-state index is 12.7. The van der Waals surface area contributed by atoms with E-state index in [9.17, 15) is 4.79 Å². The average molecular weight is 323 g/mol. The highest BCUT2D eigenvalue weighted by Gasteiger charge is 2.34. The van der Waals surface area contributed by atoms with Crippen molar-refractivity contribution in [2.45, 2.75) is 19.4 Å². The fourth-order valence-corrected chi connectivity index (χ4v) is 3.00. The van der Waals surface area contributed by atoms with E-state index in [-0.39, 0.29) is 11.9 Å². The summed E-state index contributed by atoms with van der Waals surface area (Å²) in [5.41, 5.74) is 2.19. The Labute approximate surface area is 138 Å². The van der Waals surface area contributed by atoms with E-state index in [1.807, 2.05) is 32.2 Å². The van der Waals surface area contributed by atoms with Gasteiger partial charge in [0.15, 0.2) is 5.65 Å². The van der Waals surface area contributed by atoms with Crippen molar-refractivity contribution in [2.24, 2.45) is 7.05 Å². The van der Waals surface area contributed by atoms with Gasteiger partial charge in [0.05, 0.1) is 5.69 Å². The van der Waals surface area contributed by atoms with Crippen LogP contribution in [-0.4, -0.2) is 43.2 Å². The number of aryl methyl sites for hydroxylation is 2. The van der Waals surface area contributed by atoms with Gasteiger partial charge in [-0.15, -0.1) is 0 Å². The summed E-state index contributed by atoms with van der Waals surface area (Å²) in [4.78, 5) is 27.3. The van der Waals surface area contributed by atoms with Crippen molar-refractivity contribution in [3.8, 4) is 0 Å². The van der Waals surface area contributed by atoms with E-state index in [1.165, 1.54) is 0 Å². The summed E-state index contributed by atoms with van der Waals surface area (Å²) in [6, 6.07) is 5.28. The molecule has 1 aliphatic heterocycles. The number of anilines is 2. The van der Waals surface area contributed by atoms with Crippen molar-refractivity contribution in [2.75, 3.05) is 16.8 Å². The van der Waals surface area contributed by atoms with Crippen molar-refractivity contribution in [1.29, 1.82) is 0 Å². The van der Waals surface area contributed by atoms with Gasteiger partial charge in [0.2, 0.25) is 0 Å². The van der Waals surface area contributed by atoms with Crippen LogP contribution in [0, 0.1) is 6.92 Å². The number of hydrogen-bond acceptors (Lipinski definition) is 6. The molecular weight excluding hydrogens is 306 g/mol. The molecule has 3 aromatic heterocycles. The summed E-state index contributed by atoms with van der Waals surface area (Å²) in [7, 11) is 1.85. The monoisotopic (exact) mass is 323 g/mol. The Hall–Kier alpha value is -3.03. The minimum Gasteiger partial charge on any atom is -0.358 e. The van der Waals surface area contributed by atoms with Crippen LogP contribution in [0.25, 0.3) is 11.2 Å². The zero-order valence-corrected chi connectivity index (χ0v) is 13.5. The second kappa shape index (κ2) is 5.55. The Morgan fingerprint density at radius 3 is 2.88 bits per heavy atom. The Kier molecular flexibility index (Phi) is 3.37. The van der Waals surface area contributed by atoms with E-state index in [1.54, 1.807) is 22.0 Å². The molecule has 0 saturated carbocycles. The van der Waals surface area contributed by atoms with Crippen LogP contribution in [0.4, 0.5) is 11.6 Å². The number of nitrogens with zero attached hydrogens (tertiary/aromatic N) is 6. The third-order valence-electron chi connectivity index (χ3n) is 4.11. The predicted octanol–water partition coefficient (Wildman–Crippen LogP) is 1.28. The molecule has 1 fully saturated rings. The predicted molar refractivity (Wildman–Crippen MR) is 89.7 cm³/mol. The summed E-state index contributed by atoms with van der Waals surface area (Å²) >= 11 is 0. The number of aromatic nitrogens is 5. The molecular formula is C16H17N7O. The van der Waals surface area contributed by atoms with Gasteiger partial charge in [-0.3, -0.25) is 19.4 Å². The van der Waals surface area contributed by atoms with Crippen LogP contribution < -0.4 is 10.2 Å². The van der Waals surface area contributed by atoms with Crippen LogP contribution in [0.1, 0.15) is 12.1 Å². The van der Waals surface area contributed by atoms with E-state index >= 15 is 0 Å². The molecule has 1 aliphatic rings. The Morgan fingerprint density at radius 2 is 2.08 bits per heavy atom. The second-order valence-electron chi connectivity index (χ2n) is 5.84. The van der Waals surface area contributed by atoms with Gasteiger partial charge in [-0.1, -0.05) is 0 Å². The molecule has 1 saturated heterocycles. The van der Waals surface area contributed by atoms with Crippen LogP contribution in [-0.2, 0) is 11.8 Å². The third-order valence-corrected chi connectivity index (χ3v) is 4.11. The van der Waals surface area contributed by atoms with Gasteiger partial charge < -0.3 is 5.32 Å². The SMILES string of the molecule is Cc1cc(N2CCC(Nc3ccc4nccnc4n3)C2=O)n(C)n1. The molecule has 0 spiro atoms. The molecule has 4 heterocycles. The normalized spacial score (nSPS) is 17.7. The minimum atomic E-state index is -0.304. The largest absolute Gasteiger partial charge is 0.358 e. The quantitative estimate of drug-likeness (QED) is 0.781. The zero-order chi connectivity index (χ0) is 16.7. The standard InChI is InChI=1S/C16H17N7O/c1-10-9-14(22(2)21-10)23-8-5-12(16(23)24)19-13-4-3-11-15(20-13)18-7-6-17-11/h3-4,6-7,9,12H,5,8H2,1-2H3,(H,18,19,20). The minimum absolute atomic E-state index is 0.0269. The summed E-state index contributed by atoms with van der Waals surface area (Å²) in [6.07, 6.45) is 3.95. The number of pyridine rings is 1. The van der Waals surface area contributed by atoms with Gasteiger partial charge in [0.1, 0.15) is 23.2 Å². The first-order valence-electron chi connectivity index (χ1n) is 7.78. The number of rotatable bonds is 3. The Morgan fingerprint density at radius 1 is 1.25 bits per heavy atom. The first kappa shape index (κ1) is 14.6. The molecule has 0 aliphatic carbocycles. The van der Waals surface area contributed by atoms with Gasteiger partial charge >= 0.3 is 0 Å². The molecule has 122 valence electrons. The summed E-state index contributed by atoms with van der Waals surface area (Å²) in [5.74, 6) is 1.47. The van der Waals surface area contributed by atoms with Gasteiger partial charge in [-0.2, -0.15) is 5.10 Å². The molecule has 8 heteroatoms. The first-order chi connectivity index (χ1) is 11.6. The number of hydrogen-bond donors (Lipinski definition) is 1. The number of carbonyl (C=O) groups is 1. The van der Waals surface area contributed by atoms with Crippen LogP contribution in [0.15, 0.2) is 30.6 Å². The van der Waals surface area contributed by atoms with Gasteiger partial charge in [0.25, 0.3) is 5.91 Å². The molecule has 1 unspecified atom stereocenters. The highest BCUT2D eigenvalue weighted by atomic mass is 16.2. The molecule has 24 heavy (non-hydrogen) atoms. The molecule has 1 atom stereocenters. The molecule has 1 N–H and O–H groups in total. The lowest BCUT2D eigenvalue weighted by Gasteiger charge is -2.17. The van der Waals surface area contributed by atoms with Gasteiger partial charge in [-0.05, 0) is 25.5 Å². The molecule has 0 bridgehead atoms. The van der Waals surface area contributed by atoms with Crippen molar-refractivity contribution >= 4 is 28.7 Å². The lowest BCUT2D eigenvalue weighted by molar-refractivity contribution is -0.117. The molecule has 4 rings (SSSR count). The third kappa shape index (κ3) is 2.45. The molecule has 8 nitrogen and oxygen atoms in total. The maximum absolute atomic E-state index is 12.7. The molecule has 0 aromatic carbocycles. The van der Waals surface area contributed by atoms with Crippen molar-refractivity contribution in [3.05, 3.63) is 36.3 Å². The van der Waals surface area contributed by atoms with Gasteiger partial charge in [0, 0.05) is 32.1 Å². The maximum Gasteiger partial charge on any atom is 0.250 e. The van der Waals surface area contributed by atoms with Gasteiger partial charge in [-0.25, -0.2) is 9.97 Å². The number of carbonyl (C=O) groups excluding carboxylic acids is 1. The number of fused-ring (bicyclic) bond motifs is 1. The van der Waals surface area contributed by atoms with Crippen LogP contribution in [0.3, 0.4) is 0 Å². The van der Waals surface area contributed by atoms with Crippen LogP contribution in [0.2, 0.25) is 0 Å². The van der Waals surface area contributed by atoms with E-state index in [0.717, 1.165) is 17.0 Å². The van der Waals surface area contributed by atoms with Crippen molar-refractivity contribution in [3.63, 3.8) is 0 Å². The Balaban J connectivity index is 1.55. The van der Waals surface area contributed by atoms with E-state index in [0.29, 0.717) is 24.4 Å². The lowest BCUT2D eigenvalue weighted by Crippen LogP contribution is -2.34. The van der Waals surface area contributed by atoms with Crippen LogP contribution >= 0.6 is 0 Å². The fourth-order valence-electron chi connectivity index (χ4n) is 3.00. The highest BCUT2D eigenvalue weighted by Crippen LogP contribution is 2.24. The fraction of sp³-hybridized carbons (Fsp3) is 0.312. The molecule has 3 aromatic rings. The first-order valence-corrected chi connectivity index (χ1v) is 7.78. The zero-order valence-electron chi connectivity index (χ0n) is 13.5. The van der Waals surface area contributed by atoms with E-state index < -0.39 is 0 Å². The Bertz CT molecular complexity index is 920. The van der Waals surface area contributed by atoms with E-state index in [2.05, 4.69) is 25.4 Å². The van der Waals surface area contributed by atoms with Crippen molar-refractivity contribution in [1.82, 2.24) is 24.7 Å². The van der Waals surface area contributed by atoms with E-state index in [4.69, 9.17) is 0 Å².